The van der Waals surface area contributed by atoms with Crippen LogP contribution in [0.4, 0.5) is 11.5 Å². The van der Waals surface area contributed by atoms with Gasteiger partial charge in [0, 0.05) is 6.54 Å². The summed E-state index contributed by atoms with van der Waals surface area (Å²) in [5.41, 5.74) is 17.0. The molecule has 6 heteroatoms. The SMILES string of the molecule is NCc1nc(CO)nc(N)c1N. The molecule has 0 fully saturated rings. The highest BCUT2D eigenvalue weighted by Gasteiger charge is 2.06. The Morgan fingerprint density at radius 2 is 1.92 bits per heavy atom. The molecule has 0 unspecified atom stereocenters. The van der Waals surface area contributed by atoms with Crippen LogP contribution in [0.1, 0.15) is 11.5 Å². The van der Waals surface area contributed by atoms with Crippen LogP contribution in [0.2, 0.25) is 0 Å². The van der Waals surface area contributed by atoms with Crippen LogP contribution >= 0.6 is 0 Å². The van der Waals surface area contributed by atoms with Crippen LogP contribution < -0.4 is 17.2 Å². The molecule has 12 heavy (non-hydrogen) atoms. The topological polar surface area (TPSA) is 124 Å². The van der Waals surface area contributed by atoms with Crippen molar-refractivity contribution in [3.63, 3.8) is 0 Å². The monoisotopic (exact) mass is 169 g/mol. The van der Waals surface area contributed by atoms with Crippen molar-refractivity contribution in [2.45, 2.75) is 13.2 Å². The van der Waals surface area contributed by atoms with Gasteiger partial charge in [-0.05, 0) is 0 Å². The average Bonchev–Trinajstić information content (AvgIpc) is 2.09. The van der Waals surface area contributed by atoms with Crippen LogP contribution in [0.5, 0.6) is 0 Å². The largest absolute Gasteiger partial charge is 0.394 e. The second-order valence-corrected chi connectivity index (χ2v) is 2.25. The van der Waals surface area contributed by atoms with Crippen LogP contribution in [0.25, 0.3) is 0 Å². The van der Waals surface area contributed by atoms with Gasteiger partial charge < -0.3 is 22.3 Å². The fraction of sp³-hybridized carbons (Fsp3) is 0.333. The van der Waals surface area contributed by atoms with E-state index in [0.717, 1.165) is 0 Å². The molecule has 1 heterocycles. The zero-order chi connectivity index (χ0) is 9.14. The maximum atomic E-state index is 8.71. The van der Waals surface area contributed by atoms with E-state index in [1.807, 2.05) is 0 Å². The van der Waals surface area contributed by atoms with E-state index in [2.05, 4.69) is 9.97 Å². The van der Waals surface area contributed by atoms with Crippen molar-refractivity contribution in [3.8, 4) is 0 Å². The summed E-state index contributed by atoms with van der Waals surface area (Å²) in [5.74, 6) is 0.400. The van der Waals surface area contributed by atoms with Crippen LogP contribution in [0.15, 0.2) is 0 Å². The van der Waals surface area contributed by atoms with Crippen LogP contribution in [0, 0.1) is 0 Å². The first-order valence-corrected chi connectivity index (χ1v) is 3.40. The van der Waals surface area contributed by atoms with Crippen LogP contribution in [0.3, 0.4) is 0 Å². The predicted molar refractivity (Wildman–Crippen MR) is 44.7 cm³/mol. The minimum absolute atomic E-state index is 0.162. The van der Waals surface area contributed by atoms with Gasteiger partial charge >= 0.3 is 0 Å². The predicted octanol–water partition coefficient (Wildman–Crippen LogP) is -1.41. The highest BCUT2D eigenvalue weighted by atomic mass is 16.3. The lowest BCUT2D eigenvalue weighted by atomic mass is 10.3. The van der Waals surface area contributed by atoms with Crippen molar-refractivity contribution in [1.29, 1.82) is 0 Å². The number of nitrogens with two attached hydrogens (primary N) is 3. The van der Waals surface area contributed by atoms with Crippen LogP contribution in [-0.2, 0) is 13.2 Å². The molecule has 0 aliphatic rings. The number of hydrogen-bond acceptors (Lipinski definition) is 6. The van der Waals surface area contributed by atoms with Crippen LogP contribution in [-0.4, -0.2) is 15.1 Å². The van der Waals surface area contributed by atoms with E-state index in [1.165, 1.54) is 0 Å². The lowest BCUT2D eigenvalue weighted by Crippen LogP contribution is -2.11. The number of anilines is 2. The molecular weight excluding hydrogens is 158 g/mol. The molecule has 0 amide bonds. The van der Waals surface area contributed by atoms with Crippen molar-refractivity contribution in [2.75, 3.05) is 11.5 Å². The molecule has 0 atom stereocenters. The molecule has 0 aliphatic heterocycles. The molecular formula is C6H11N5O. The van der Waals surface area contributed by atoms with E-state index in [1.54, 1.807) is 0 Å². The molecule has 0 spiro atoms. The zero-order valence-corrected chi connectivity index (χ0v) is 6.49. The molecule has 0 bridgehead atoms. The quantitative estimate of drug-likeness (QED) is 0.431. The van der Waals surface area contributed by atoms with Crippen molar-refractivity contribution in [1.82, 2.24) is 9.97 Å². The third kappa shape index (κ3) is 1.44. The Bertz CT molecular complexity index is 288. The van der Waals surface area contributed by atoms with E-state index < -0.39 is 0 Å². The highest BCUT2D eigenvalue weighted by Crippen LogP contribution is 2.14. The minimum Gasteiger partial charge on any atom is -0.394 e. The fourth-order valence-electron chi connectivity index (χ4n) is 0.814. The molecule has 0 saturated carbocycles. The maximum absolute atomic E-state index is 8.71. The first-order valence-electron chi connectivity index (χ1n) is 3.40. The summed E-state index contributed by atoms with van der Waals surface area (Å²) in [4.78, 5) is 7.61. The highest BCUT2D eigenvalue weighted by molar-refractivity contribution is 5.60. The van der Waals surface area contributed by atoms with E-state index >= 15 is 0 Å². The third-order valence-electron chi connectivity index (χ3n) is 1.44. The molecule has 1 aromatic heterocycles. The van der Waals surface area contributed by atoms with Gasteiger partial charge in [0.05, 0.1) is 11.4 Å². The summed E-state index contributed by atoms with van der Waals surface area (Å²) in [7, 11) is 0. The molecule has 0 saturated heterocycles. The third-order valence-corrected chi connectivity index (χ3v) is 1.44. The number of aliphatic hydroxyl groups excluding tert-OH is 1. The standard InChI is InChI=1S/C6H11N5O/c7-1-3-5(8)6(9)11-4(2-12)10-3/h12H,1-2,7-8H2,(H2,9,10,11). The average molecular weight is 169 g/mol. The Kier molecular flexibility index (Phi) is 2.41. The molecule has 6 nitrogen and oxygen atoms in total. The molecule has 1 aromatic rings. The van der Waals surface area contributed by atoms with E-state index in [-0.39, 0.29) is 30.5 Å². The Labute approximate surface area is 69.4 Å². The number of aromatic nitrogens is 2. The summed E-state index contributed by atoms with van der Waals surface area (Å²) in [6.07, 6.45) is 0. The van der Waals surface area contributed by atoms with Crippen molar-refractivity contribution >= 4 is 11.5 Å². The fourth-order valence-corrected chi connectivity index (χ4v) is 0.814. The van der Waals surface area contributed by atoms with Gasteiger partial charge in [0.2, 0.25) is 0 Å². The molecule has 7 N–H and O–H groups in total. The normalized spacial score (nSPS) is 10.2. The van der Waals surface area contributed by atoms with Gasteiger partial charge in [-0.3, -0.25) is 0 Å². The first kappa shape index (κ1) is 8.69. The number of aliphatic hydroxyl groups is 1. The molecule has 1 rings (SSSR count). The zero-order valence-electron chi connectivity index (χ0n) is 6.49. The van der Waals surface area contributed by atoms with Gasteiger partial charge in [-0.2, -0.15) is 0 Å². The number of nitrogen functional groups attached to an aromatic ring is 2. The van der Waals surface area contributed by atoms with Gasteiger partial charge in [-0.25, -0.2) is 9.97 Å². The lowest BCUT2D eigenvalue weighted by molar-refractivity contribution is 0.271. The molecule has 0 aromatic carbocycles. The minimum atomic E-state index is -0.266. The van der Waals surface area contributed by atoms with E-state index in [4.69, 9.17) is 22.3 Å². The number of rotatable bonds is 2. The summed E-state index contributed by atoms with van der Waals surface area (Å²) in [6.45, 7) is -0.0803. The second-order valence-electron chi connectivity index (χ2n) is 2.25. The van der Waals surface area contributed by atoms with Crippen molar-refractivity contribution in [2.24, 2.45) is 5.73 Å². The smallest absolute Gasteiger partial charge is 0.156 e. The summed E-state index contributed by atoms with van der Waals surface area (Å²) < 4.78 is 0. The van der Waals surface area contributed by atoms with E-state index in [9.17, 15) is 0 Å². The van der Waals surface area contributed by atoms with Gasteiger partial charge in [-0.1, -0.05) is 0 Å². The molecule has 66 valence electrons. The Morgan fingerprint density at radius 3 is 2.42 bits per heavy atom. The van der Waals surface area contributed by atoms with Crippen molar-refractivity contribution < 1.29 is 5.11 Å². The summed E-state index contributed by atoms with van der Waals surface area (Å²) in [5, 5.41) is 8.71. The lowest BCUT2D eigenvalue weighted by Gasteiger charge is -2.05. The Balaban J connectivity index is 3.19. The van der Waals surface area contributed by atoms with Crippen molar-refractivity contribution in [3.05, 3.63) is 11.5 Å². The van der Waals surface area contributed by atoms with Gasteiger partial charge in [0.1, 0.15) is 6.61 Å². The summed E-state index contributed by atoms with van der Waals surface area (Å²) >= 11 is 0. The maximum Gasteiger partial charge on any atom is 0.156 e. The molecule has 0 radical (unpaired) electrons. The Morgan fingerprint density at radius 1 is 1.25 bits per heavy atom. The first-order chi connectivity index (χ1) is 5.69. The number of nitrogens with zero attached hydrogens (tertiary/aromatic N) is 2. The molecule has 0 aliphatic carbocycles. The van der Waals surface area contributed by atoms with Gasteiger partial charge in [0.25, 0.3) is 0 Å². The summed E-state index contributed by atoms with van der Waals surface area (Å²) in [6, 6.07) is 0. The number of hydrogen-bond donors (Lipinski definition) is 4. The van der Waals surface area contributed by atoms with Gasteiger partial charge in [0.15, 0.2) is 11.6 Å². The van der Waals surface area contributed by atoms with Gasteiger partial charge in [-0.15, -0.1) is 0 Å². The van der Waals surface area contributed by atoms with E-state index in [0.29, 0.717) is 5.69 Å². The Hall–Kier alpha value is -1.40. The second kappa shape index (κ2) is 3.33.